The van der Waals surface area contributed by atoms with E-state index in [1.54, 1.807) is 42.6 Å². The van der Waals surface area contributed by atoms with Crippen molar-refractivity contribution in [1.29, 1.82) is 0 Å². The topological polar surface area (TPSA) is 62.2 Å². The third-order valence-corrected chi connectivity index (χ3v) is 2.29. The quantitative estimate of drug-likeness (QED) is 0.841. The largest absolute Gasteiger partial charge is 0.378 e. The maximum Gasteiger partial charge on any atom is 0.257 e. The highest BCUT2D eigenvalue weighted by atomic mass is 16.3. The van der Waals surface area contributed by atoms with E-state index in [0.717, 1.165) is 0 Å². The third kappa shape index (κ3) is 2.89. The van der Waals surface area contributed by atoms with Crippen molar-refractivity contribution in [3.05, 3.63) is 60.4 Å². The first-order valence-corrected chi connectivity index (χ1v) is 5.21. The Morgan fingerprint density at radius 2 is 1.94 bits per heavy atom. The van der Waals surface area contributed by atoms with Crippen molar-refractivity contribution < 1.29 is 9.90 Å². The van der Waals surface area contributed by atoms with Crippen LogP contribution in [-0.4, -0.2) is 16.0 Å². The molecule has 0 fully saturated rings. The van der Waals surface area contributed by atoms with E-state index in [2.05, 4.69) is 10.3 Å². The van der Waals surface area contributed by atoms with E-state index in [4.69, 9.17) is 0 Å². The van der Waals surface area contributed by atoms with Gasteiger partial charge in [0.1, 0.15) is 0 Å². The lowest BCUT2D eigenvalue weighted by molar-refractivity contribution is -0.124. The fraction of sp³-hybridized carbons (Fsp3) is 0.0769. The lowest BCUT2D eigenvalue weighted by Crippen LogP contribution is -2.20. The normalized spacial score (nSPS) is 11.8. The van der Waals surface area contributed by atoms with Gasteiger partial charge in [-0.1, -0.05) is 30.3 Å². The Morgan fingerprint density at radius 1 is 1.18 bits per heavy atom. The third-order valence-electron chi connectivity index (χ3n) is 2.29. The maximum atomic E-state index is 11.7. The van der Waals surface area contributed by atoms with Crippen molar-refractivity contribution in [1.82, 2.24) is 4.98 Å². The molecule has 0 bridgehead atoms. The molecule has 0 aliphatic carbocycles. The van der Waals surface area contributed by atoms with E-state index in [9.17, 15) is 9.90 Å². The number of rotatable bonds is 3. The molecule has 0 saturated heterocycles. The maximum absolute atomic E-state index is 11.7. The molecule has 0 aliphatic rings. The smallest absolute Gasteiger partial charge is 0.257 e. The average molecular weight is 228 g/mol. The van der Waals surface area contributed by atoms with Gasteiger partial charge in [-0.2, -0.15) is 0 Å². The van der Waals surface area contributed by atoms with E-state index in [1.165, 1.54) is 6.20 Å². The summed E-state index contributed by atoms with van der Waals surface area (Å²) in [5.74, 6) is -0.468. The number of hydrogen-bond donors (Lipinski definition) is 2. The van der Waals surface area contributed by atoms with E-state index in [0.29, 0.717) is 11.3 Å². The van der Waals surface area contributed by atoms with Gasteiger partial charge in [-0.3, -0.25) is 9.78 Å². The van der Waals surface area contributed by atoms with Gasteiger partial charge in [0.05, 0.1) is 11.9 Å². The zero-order chi connectivity index (χ0) is 12.1. The molecule has 2 aromatic rings. The lowest BCUT2D eigenvalue weighted by atomic mass is 10.1. The highest BCUT2D eigenvalue weighted by Gasteiger charge is 2.16. The number of nitrogens with one attached hydrogen (secondary N) is 1. The Kier molecular flexibility index (Phi) is 3.47. The fourth-order valence-electron chi connectivity index (χ4n) is 1.43. The van der Waals surface area contributed by atoms with Crippen LogP contribution in [0.1, 0.15) is 11.7 Å². The average Bonchev–Trinajstić information content (AvgIpc) is 2.40. The van der Waals surface area contributed by atoms with E-state index in [-0.39, 0.29) is 0 Å². The Hall–Kier alpha value is -2.20. The fourth-order valence-corrected chi connectivity index (χ4v) is 1.43. The van der Waals surface area contributed by atoms with Crippen molar-refractivity contribution in [2.45, 2.75) is 6.10 Å². The summed E-state index contributed by atoms with van der Waals surface area (Å²) in [6.07, 6.45) is 1.97. The summed E-state index contributed by atoms with van der Waals surface area (Å²) in [5, 5.41) is 12.4. The second-order valence-electron chi connectivity index (χ2n) is 3.54. The predicted octanol–water partition coefficient (Wildman–Crippen LogP) is 1.75. The van der Waals surface area contributed by atoms with Gasteiger partial charge in [0.15, 0.2) is 6.10 Å². The Morgan fingerprint density at radius 3 is 2.59 bits per heavy atom. The molecule has 4 nitrogen and oxygen atoms in total. The van der Waals surface area contributed by atoms with E-state index >= 15 is 0 Å². The molecule has 1 aromatic heterocycles. The highest BCUT2D eigenvalue weighted by molar-refractivity contribution is 5.94. The Balaban J connectivity index is 2.06. The molecule has 0 aliphatic heterocycles. The second-order valence-corrected chi connectivity index (χ2v) is 3.54. The van der Waals surface area contributed by atoms with Crippen LogP contribution in [-0.2, 0) is 4.79 Å². The van der Waals surface area contributed by atoms with Gasteiger partial charge in [-0.25, -0.2) is 0 Å². The molecule has 2 N–H and O–H groups in total. The van der Waals surface area contributed by atoms with Gasteiger partial charge in [0.2, 0.25) is 0 Å². The standard InChI is InChI=1S/C13H12N2O2/c16-12(10-5-2-1-3-6-10)13(17)15-11-7-4-8-14-9-11/h1-9,12,16H,(H,15,17)/t12-/m1/s1. The zero-order valence-corrected chi connectivity index (χ0v) is 9.08. The number of amides is 1. The van der Waals surface area contributed by atoms with Crippen LogP contribution >= 0.6 is 0 Å². The molecule has 0 unspecified atom stereocenters. The van der Waals surface area contributed by atoms with Crippen LogP contribution in [0.4, 0.5) is 5.69 Å². The lowest BCUT2D eigenvalue weighted by Gasteiger charge is -2.11. The summed E-state index contributed by atoms with van der Waals surface area (Å²) in [4.78, 5) is 15.6. The molecule has 86 valence electrons. The summed E-state index contributed by atoms with van der Waals surface area (Å²) in [6, 6.07) is 12.2. The van der Waals surface area contributed by atoms with E-state index < -0.39 is 12.0 Å². The molecule has 0 radical (unpaired) electrons. The molecule has 0 spiro atoms. The summed E-state index contributed by atoms with van der Waals surface area (Å²) in [6.45, 7) is 0. The number of aliphatic hydroxyl groups is 1. The minimum atomic E-state index is -1.17. The number of carbonyl (C=O) groups is 1. The molecular formula is C13H12N2O2. The van der Waals surface area contributed by atoms with Crippen molar-refractivity contribution in [3.8, 4) is 0 Å². The summed E-state index contributed by atoms with van der Waals surface area (Å²) < 4.78 is 0. The molecule has 2 rings (SSSR count). The van der Waals surface area contributed by atoms with Gasteiger partial charge < -0.3 is 10.4 Å². The molecule has 0 saturated carbocycles. The Bertz CT molecular complexity index is 485. The van der Waals surface area contributed by atoms with Gasteiger partial charge in [-0.05, 0) is 17.7 Å². The van der Waals surface area contributed by atoms with Crippen LogP contribution in [0, 0.1) is 0 Å². The zero-order valence-electron chi connectivity index (χ0n) is 9.08. The first-order chi connectivity index (χ1) is 8.27. The number of aromatic nitrogens is 1. The summed E-state index contributed by atoms with van der Waals surface area (Å²) in [5.41, 5.74) is 1.13. The molecule has 1 amide bonds. The molecule has 17 heavy (non-hydrogen) atoms. The summed E-state index contributed by atoms with van der Waals surface area (Å²) >= 11 is 0. The molecular weight excluding hydrogens is 216 g/mol. The van der Waals surface area contributed by atoms with Crippen molar-refractivity contribution >= 4 is 11.6 Å². The number of pyridine rings is 1. The van der Waals surface area contributed by atoms with Crippen LogP contribution in [0.3, 0.4) is 0 Å². The molecule has 4 heteroatoms. The number of aliphatic hydroxyl groups excluding tert-OH is 1. The number of anilines is 1. The van der Waals surface area contributed by atoms with Crippen LogP contribution in [0.15, 0.2) is 54.9 Å². The minimum absolute atomic E-state index is 0.468. The van der Waals surface area contributed by atoms with E-state index in [1.807, 2.05) is 6.07 Å². The van der Waals surface area contributed by atoms with Crippen molar-refractivity contribution in [3.63, 3.8) is 0 Å². The van der Waals surface area contributed by atoms with Gasteiger partial charge in [0.25, 0.3) is 5.91 Å². The molecule has 1 aromatic carbocycles. The Labute approximate surface area is 98.9 Å². The number of nitrogens with zero attached hydrogens (tertiary/aromatic N) is 1. The van der Waals surface area contributed by atoms with Crippen LogP contribution in [0.5, 0.6) is 0 Å². The number of carbonyl (C=O) groups excluding carboxylic acids is 1. The van der Waals surface area contributed by atoms with Crippen molar-refractivity contribution in [2.24, 2.45) is 0 Å². The number of benzene rings is 1. The SMILES string of the molecule is O=C(Nc1cccnc1)[C@H](O)c1ccccc1. The number of hydrogen-bond acceptors (Lipinski definition) is 3. The van der Waals surface area contributed by atoms with Gasteiger partial charge >= 0.3 is 0 Å². The van der Waals surface area contributed by atoms with Gasteiger partial charge in [0, 0.05) is 6.20 Å². The van der Waals surface area contributed by atoms with Crippen LogP contribution in [0.2, 0.25) is 0 Å². The molecule has 1 heterocycles. The second kappa shape index (κ2) is 5.23. The van der Waals surface area contributed by atoms with Crippen LogP contribution in [0.25, 0.3) is 0 Å². The molecule has 1 atom stereocenters. The predicted molar refractivity (Wildman–Crippen MR) is 64.3 cm³/mol. The van der Waals surface area contributed by atoms with Crippen LogP contribution < -0.4 is 5.32 Å². The van der Waals surface area contributed by atoms with Gasteiger partial charge in [-0.15, -0.1) is 0 Å². The first-order valence-electron chi connectivity index (χ1n) is 5.21. The highest BCUT2D eigenvalue weighted by Crippen LogP contribution is 2.14. The minimum Gasteiger partial charge on any atom is -0.378 e. The van der Waals surface area contributed by atoms with Crippen molar-refractivity contribution in [2.75, 3.05) is 5.32 Å². The monoisotopic (exact) mass is 228 g/mol. The summed E-state index contributed by atoms with van der Waals surface area (Å²) in [7, 11) is 0. The first kappa shape index (κ1) is 11.3.